The number of nitrogens with zero attached hydrogens (tertiary/aromatic N) is 1. The van der Waals surface area contributed by atoms with Crippen LogP contribution in [0, 0.1) is 0 Å². The first-order valence-electron chi connectivity index (χ1n) is 8.76. The molecule has 5 nitrogen and oxygen atoms in total. The lowest BCUT2D eigenvalue weighted by Gasteiger charge is -2.44. The maximum absolute atomic E-state index is 12.4. The highest BCUT2D eigenvalue weighted by molar-refractivity contribution is 5.80. The fraction of sp³-hybridized carbons (Fsp3) is 0.579. The zero-order valence-corrected chi connectivity index (χ0v) is 14.3. The number of nitrogens with one attached hydrogen (secondary N) is 1. The third-order valence-electron chi connectivity index (χ3n) is 5.42. The van der Waals surface area contributed by atoms with Gasteiger partial charge in [-0.1, -0.05) is 30.3 Å². The Balaban J connectivity index is 1.63. The molecule has 0 aromatic heterocycles. The van der Waals surface area contributed by atoms with Crippen molar-refractivity contribution in [3.63, 3.8) is 0 Å². The van der Waals surface area contributed by atoms with Gasteiger partial charge in [-0.3, -0.25) is 9.59 Å². The van der Waals surface area contributed by atoms with E-state index in [-0.39, 0.29) is 30.0 Å². The van der Waals surface area contributed by atoms with Crippen LogP contribution in [0.5, 0.6) is 0 Å². The number of carbonyl (C=O) groups excluding carboxylic acids is 2. The molecule has 1 aliphatic heterocycles. The molecule has 1 aromatic carbocycles. The van der Waals surface area contributed by atoms with Crippen LogP contribution in [-0.2, 0) is 20.9 Å². The maximum Gasteiger partial charge on any atom is 0.246 e. The number of rotatable bonds is 5. The summed E-state index contributed by atoms with van der Waals surface area (Å²) in [4.78, 5) is 26.2. The Kier molecular flexibility index (Phi) is 5.19. The molecule has 1 aliphatic carbocycles. The molecule has 24 heavy (non-hydrogen) atoms. The standard InChI is InChI=1S/C19H26N2O3/c1-24-14-17(22)20-16-7-10-19(11-8-16)12-9-18(23)21(19)13-15-5-3-2-4-6-15/h2-6,16H,7-14H2,1H3,(H,20,22). The second-order valence-corrected chi connectivity index (χ2v) is 6.96. The van der Waals surface area contributed by atoms with Crippen LogP contribution in [0.4, 0.5) is 0 Å². The van der Waals surface area contributed by atoms with Crippen LogP contribution in [0.15, 0.2) is 30.3 Å². The van der Waals surface area contributed by atoms with Crippen molar-refractivity contribution in [2.45, 2.75) is 56.7 Å². The van der Waals surface area contributed by atoms with E-state index in [9.17, 15) is 9.59 Å². The summed E-state index contributed by atoms with van der Waals surface area (Å²) in [5.41, 5.74) is 1.16. The van der Waals surface area contributed by atoms with Crippen LogP contribution in [0.2, 0.25) is 0 Å². The van der Waals surface area contributed by atoms with Crippen molar-refractivity contribution < 1.29 is 14.3 Å². The zero-order chi connectivity index (χ0) is 17.0. The summed E-state index contributed by atoms with van der Waals surface area (Å²) < 4.78 is 4.87. The Morgan fingerprint density at radius 1 is 1.25 bits per heavy atom. The summed E-state index contributed by atoms with van der Waals surface area (Å²) in [5, 5.41) is 3.03. The normalized spacial score (nSPS) is 26.8. The predicted octanol–water partition coefficient (Wildman–Crippen LogP) is 2.25. The lowest BCUT2D eigenvalue weighted by Crippen LogP contribution is -2.51. The predicted molar refractivity (Wildman–Crippen MR) is 91.2 cm³/mol. The van der Waals surface area contributed by atoms with E-state index in [1.165, 1.54) is 12.7 Å². The van der Waals surface area contributed by atoms with Gasteiger partial charge in [-0.15, -0.1) is 0 Å². The van der Waals surface area contributed by atoms with Crippen molar-refractivity contribution >= 4 is 11.8 Å². The smallest absolute Gasteiger partial charge is 0.246 e. The van der Waals surface area contributed by atoms with Gasteiger partial charge in [0.1, 0.15) is 6.61 Å². The van der Waals surface area contributed by atoms with E-state index in [4.69, 9.17) is 4.74 Å². The molecule has 0 atom stereocenters. The molecule has 2 aliphatic rings. The largest absolute Gasteiger partial charge is 0.375 e. The maximum atomic E-state index is 12.4. The van der Waals surface area contributed by atoms with E-state index < -0.39 is 0 Å². The molecule has 2 fully saturated rings. The van der Waals surface area contributed by atoms with Crippen molar-refractivity contribution in [3.8, 4) is 0 Å². The number of hydrogen-bond acceptors (Lipinski definition) is 3. The van der Waals surface area contributed by atoms with Crippen LogP contribution in [0.3, 0.4) is 0 Å². The third kappa shape index (κ3) is 3.61. The molecular weight excluding hydrogens is 304 g/mol. The molecule has 1 N–H and O–H groups in total. The average molecular weight is 330 g/mol. The minimum absolute atomic E-state index is 0.0184. The average Bonchev–Trinajstić information content (AvgIpc) is 2.88. The summed E-state index contributed by atoms with van der Waals surface area (Å²) in [7, 11) is 1.53. The van der Waals surface area contributed by atoms with Gasteiger partial charge in [-0.05, 0) is 37.7 Å². The second kappa shape index (κ2) is 7.34. The van der Waals surface area contributed by atoms with E-state index >= 15 is 0 Å². The topological polar surface area (TPSA) is 58.6 Å². The van der Waals surface area contributed by atoms with Crippen molar-refractivity contribution in [2.24, 2.45) is 0 Å². The molecule has 2 amide bonds. The van der Waals surface area contributed by atoms with Crippen LogP contribution in [0.1, 0.15) is 44.1 Å². The monoisotopic (exact) mass is 330 g/mol. The van der Waals surface area contributed by atoms with Gasteiger partial charge >= 0.3 is 0 Å². The molecule has 0 unspecified atom stereocenters. The molecule has 130 valence electrons. The molecule has 1 aromatic rings. The quantitative estimate of drug-likeness (QED) is 0.901. The minimum Gasteiger partial charge on any atom is -0.375 e. The lowest BCUT2D eigenvalue weighted by molar-refractivity contribution is -0.133. The van der Waals surface area contributed by atoms with Crippen LogP contribution in [0.25, 0.3) is 0 Å². The Hall–Kier alpha value is -1.88. The van der Waals surface area contributed by atoms with Gasteiger partial charge in [0.25, 0.3) is 0 Å². The van der Waals surface area contributed by atoms with Crippen molar-refractivity contribution in [2.75, 3.05) is 13.7 Å². The highest BCUT2D eigenvalue weighted by Gasteiger charge is 2.47. The van der Waals surface area contributed by atoms with Crippen molar-refractivity contribution in [1.82, 2.24) is 10.2 Å². The number of benzene rings is 1. The second-order valence-electron chi connectivity index (χ2n) is 6.96. The van der Waals surface area contributed by atoms with E-state index in [0.29, 0.717) is 13.0 Å². The summed E-state index contributed by atoms with van der Waals surface area (Å²) in [6, 6.07) is 10.4. The number of carbonyl (C=O) groups is 2. The Labute approximate surface area is 143 Å². The summed E-state index contributed by atoms with van der Waals surface area (Å²) in [6.45, 7) is 0.806. The first-order chi connectivity index (χ1) is 11.6. The van der Waals surface area contributed by atoms with Gasteiger partial charge in [0.2, 0.25) is 11.8 Å². The molecule has 0 bridgehead atoms. The van der Waals surface area contributed by atoms with E-state index in [2.05, 4.69) is 22.3 Å². The van der Waals surface area contributed by atoms with E-state index in [1.54, 1.807) is 0 Å². The Bertz CT molecular complexity index is 580. The number of ether oxygens (including phenoxy) is 1. The molecule has 1 heterocycles. The molecule has 1 spiro atoms. The molecule has 3 rings (SSSR count). The summed E-state index contributed by atoms with van der Waals surface area (Å²) in [6.07, 6.45) is 5.36. The number of methoxy groups -OCH3 is 1. The van der Waals surface area contributed by atoms with E-state index in [0.717, 1.165) is 32.1 Å². The van der Waals surface area contributed by atoms with Gasteiger partial charge in [0, 0.05) is 31.7 Å². The number of amides is 2. The van der Waals surface area contributed by atoms with Gasteiger partial charge in [-0.25, -0.2) is 0 Å². The van der Waals surface area contributed by atoms with Crippen molar-refractivity contribution in [1.29, 1.82) is 0 Å². The fourth-order valence-electron chi connectivity index (χ4n) is 4.12. The summed E-state index contributed by atoms with van der Waals surface area (Å²) >= 11 is 0. The molecular formula is C19H26N2O3. The molecule has 0 radical (unpaired) electrons. The zero-order valence-electron chi connectivity index (χ0n) is 14.3. The van der Waals surface area contributed by atoms with Crippen molar-refractivity contribution in [3.05, 3.63) is 35.9 Å². The highest BCUT2D eigenvalue weighted by Crippen LogP contribution is 2.43. The number of hydrogen-bond donors (Lipinski definition) is 1. The Morgan fingerprint density at radius 3 is 2.62 bits per heavy atom. The van der Waals surface area contributed by atoms with Crippen LogP contribution < -0.4 is 5.32 Å². The molecule has 1 saturated carbocycles. The fourth-order valence-corrected chi connectivity index (χ4v) is 4.12. The summed E-state index contributed by atoms with van der Waals surface area (Å²) in [5.74, 6) is 0.211. The first kappa shape index (κ1) is 17.0. The van der Waals surface area contributed by atoms with E-state index in [1.807, 2.05) is 18.2 Å². The lowest BCUT2D eigenvalue weighted by atomic mass is 9.77. The van der Waals surface area contributed by atoms with Gasteiger partial charge in [0.05, 0.1) is 0 Å². The first-order valence-corrected chi connectivity index (χ1v) is 8.76. The highest BCUT2D eigenvalue weighted by atomic mass is 16.5. The molecule has 5 heteroatoms. The minimum atomic E-state index is -0.0536. The third-order valence-corrected chi connectivity index (χ3v) is 5.42. The van der Waals surface area contributed by atoms with Gasteiger partial charge < -0.3 is 15.0 Å². The SMILES string of the molecule is COCC(=O)NC1CCC2(CCC(=O)N2Cc2ccccc2)CC1. The molecule has 1 saturated heterocycles. The number of likely N-dealkylation sites (tertiary alicyclic amines) is 1. The van der Waals surface area contributed by atoms with Crippen LogP contribution in [-0.4, -0.2) is 42.0 Å². The Morgan fingerprint density at radius 2 is 1.96 bits per heavy atom. The van der Waals surface area contributed by atoms with Crippen LogP contribution >= 0.6 is 0 Å². The van der Waals surface area contributed by atoms with Gasteiger partial charge in [-0.2, -0.15) is 0 Å². The van der Waals surface area contributed by atoms with Gasteiger partial charge in [0.15, 0.2) is 0 Å².